The average Bonchev–Trinajstić information content (AvgIpc) is 3.82. The number of nitrogens with two attached hydrogens (primary N) is 6. The van der Waals surface area contributed by atoms with Crippen LogP contribution in [0, 0.1) is 11.8 Å². The molecule has 22 N–H and O–H groups in total. The van der Waals surface area contributed by atoms with Gasteiger partial charge < -0.3 is 87.0 Å². The van der Waals surface area contributed by atoms with Crippen LogP contribution in [-0.4, -0.2) is 150 Å². The van der Waals surface area contributed by atoms with Crippen LogP contribution in [0.2, 0.25) is 0 Å². The number of nitrogens with one attached hydrogen (secondary N) is 9. The average molecular weight is 1100 g/mol. The summed E-state index contributed by atoms with van der Waals surface area (Å²) in [6.45, 7) is 8.82. The Morgan fingerprint density at radius 3 is 1.53 bits per heavy atom. The van der Waals surface area contributed by atoms with Gasteiger partial charge in [0.2, 0.25) is 47.3 Å². The number of carboxylic acid groups (broad SMARTS) is 1. The van der Waals surface area contributed by atoms with Crippen LogP contribution in [0.1, 0.15) is 124 Å². The molecule has 0 aliphatic rings. The maximum atomic E-state index is 14.4. The summed E-state index contributed by atoms with van der Waals surface area (Å²) in [7, 11) is 0. The lowest BCUT2D eigenvalue weighted by Gasteiger charge is -2.29. The van der Waals surface area contributed by atoms with Crippen molar-refractivity contribution in [3.05, 3.63) is 36.0 Å². The van der Waals surface area contributed by atoms with Crippen LogP contribution in [0.5, 0.6) is 0 Å². The zero-order valence-corrected chi connectivity index (χ0v) is 46.1. The fourth-order valence-electron chi connectivity index (χ4n) is 8.32. The minimum atomic E-state index is -1.25. The Morgan fingerprint density at radius 1 is 0.564 bits per heavy atom. The van der Waals surface area contributed by atoms with Crippen LogP contribution < -0.4 is 76.9 Å². The predicted octanol–water partition coefficient (Wildman–Crippen LogP) is -1.82. The van der Waals surface area contributed by atoms with Gasteiger partial charge >= 0.3 is 5.97 Å². The van der Waals surface area contributed by atoms with Crippen molar-refractivity contribution in [1.82, 2.24) is 47.5 Å². The van der Waals surface area contributed by atoms with E-state index in [0.29, 0.717) is 57.9 Å². The van der Waals surface area contributed by atoms with Crippen molar-refractivity contribution in [2.24, 2.45) is 51.2 Å². The SMILES string of the molecule is CC[C@H](C)[C@H](NC(=O)[C@H](CCCN=C(N)N)NC(=O)CNC(=O)[C@H](CCCCN)NC(=O)[C@H](CCCCN)NC(=O)[C@@H](NC(=O)[C@H](CCCCN)NC(=O)[C@H](Cc1c[nH]c2ccccc12)NC(=O)[C@H](C)N)[C@@H](C)CC)C(=O)O. The fourth-order valence-corrected chi connectivity index (χ4v) is 8.32. The summed E-state index contributed by atoms with van der Waals surface area (Å²) in [6, 6.07) is -1.97. The maximum absolute atomic E-state index is 14.4. The second kappa shape index (κ2) is 36.2. The zero-order valence-electron chi connectivity index (χ0n) is 46.1. The van der Waals surface area contributed by atoms with E-state index in [4.69, 9.17) is 34.4 Å². The summed E-state index contributed by atoms with van der Waals surface area (Å²) in [5.41, 5.74) is 35.6. The number of unbranched alkanes of at least 4 members (excludes halogenated alkanes) is 3. The molecule has 1 heterocycles. The van der Waals surface area contributed by atoms with E-state index in [1.165, 1.54) is 6.92 Å². The van der Waals surface area contributed by atoms with Crippen molar-refractivity contribution in [3.63, 3.8) is 0 Å². The molecule has 1 aromatic heterocycles. The molecule has 1 aromatic carbocycles. The highest BCUT2D eigenvalue weighted by atomic mass is 16.4. The molecule has 2 aromatic rings. The Kier molecular flexibility index (Phi) is 31.2. The molecule has 0 aliphatic heterocycles. The lowest BCUT2D eigenvalue weighted by Crippen LogP contribution is -2.60. The van der Waals surface area contributed by atoms with E-state index >= 15 is 0 Å². The van der Waals surface area contributed by atoms with E-state index in [0.717, 1.165) is 16.5 Å². The van der Waals surface area contributed by atoms with Gasteiger partial charge in [-0.1, -0.05) is 58.7 Å². The predicted molar refractivity (Wildman–Crippen MR) is 297 cm³/mol. The lowest BCUT2D eigenvalue weighted by molar-refractivity contribution is -0.143. The molecular weight excluding hydrogens is 1010 g/mol. The molecule has 78 heavy (non-hydrogen) atoms. The summed E-state index contributed by atoms with van der Waals surface area (Å²) in [5, 5.41) is 32.0. The van der Waals surface area contributed by atoms with E-state index < -0.39 is 120 Å². The Hall–Kier alpha value is -6.90. The molecule has 0 saturated carbocycles. The molecule has 26 nitrogen and oxygen atoms in total. The third-order valence-electron chi connectivity index (χ3n) is 13.5. The first-order valence-electron chi connectivity index (χ1n) is 27.2. The number of aliphatic imine (C=N–C) groups is 1. The normalized spacial score (nSPS) is 15.0. The lowest BCUT2D eigenvalue weighted by atomic mass is 9.96. The minimum Gasteiger partial charge on any atom is -0.480 e. The molecule has 8 amide bonds. The van der Waals surface area contributed by atoms with Crippen molar-refractivity contribution in [3.8, 4) is 0 Å². The molecule has 0 radical (unpaired) electrons. The number of H-pyrrole nitrogens is 1. The number of fused-ring (bicyclic) bond motifs is 1. The van der Waals surface area contributed by atoms with Gasteiger partial charge in [-0.15, -0.1) is 0 Å². The van der Waals surface area contributed by atoms with Crippen LogP contribution in [-0.2, 0) is 49.6 Å². The first kappa shape index (κ1) is 67.2. The van der Waals surface area contributed by atoms with Gasteiger partial charge in [-0.3, -0.25) is 43.3 Å². The quantitative estimate of drug-likeness (QED) is 0.0199. The molecule has 10 atom stereocenters. The topological polar surface area (TPSA) is 454 Å². The number of para-hydroxylation sites is 1. The molecule has 0 bridgehead atoms. The third-order valence-corrected chi connectivity index (χ3v) is 13.5. The van der Waals surface area contributed by atoms with Gasteiger partial charge in [0, 0.05) is 30.1 Å². The van der Waals surface area contributed by atoms with Crippen LogP contribution in [0.3, 0.4) is 0 Å². The monoisotopic (exact) mass is 1100 g/mol. The van der Waals surface area contributed by atoms with Gasteiger partial charge in [-0.25, -0.2) is 4.79 Å². The largest absolute Gasteiger partial charge is 0.480 e. The molecule has 0 unspecified atom stereocenters. The number of aromatic amines is 1. The van der Waals surface area contributed by atoms with Crippen LogP contribution in [0.25, 0.3) is 10.9 Å². The summed E-state index contributed by atoms with van der Waals surface area (Å²) in [4.78, 5) is 130. The number of carbonyl (C=O) groups excluding carboxylic acids is 8. The summed E-state index contributed by atoms with van der Waals surface area (Å²) >= 11 is 0. The minimum absolute atomic E-state index is 0.0151. The van der Waals surface area contributed by atoms with Gasteiger partial charge in [0.25, 0.3) is 0 Å². The van der Waals surface area contributed by atoms with E-state index in [2.05, 4.69) is 52.5 Å². The van der Waals surface area contributed by atoms with E-state index in [1.54, 1.807) is 27.0 Å². The van der Waals surface area contributed by atoms with Crippen molar-refractivity contribution < 1.29 is 48.3 Å². The number of benzene rings is 1. The Bertz CT molecular complexity index is 2270. The Morgan fingerprint density at radius 2 is 1.01 bits per heavy atom. The first-order valence-corrected chi connectivity index (χ1v) is 27.2. The van der Waals surface area contributed by atoms with Crippen LogP contribution in [0.15, 0.2) is 35.5 Å². The van der Waals surface area contributed by atoms with Gasteiger partial charge in [-0.2, -0.15) is 0 Å². The second-order valence-corrected chi connectivity index (χ2v) is 19.8. The second-order valence-electron chi connectivity index (χ2n) is 19.8. The van der Waals surface area contributed by atoms with Gasteiger partial charge in [0.15, 0.2) is 5.96 Å². The van der Waals surface area contributed by atoms with E-state index in [9.17, 15) is 48.3 Å². The maximum Gasteiger partial charge on any atom is 0.326 e. The van der Waals surface area contributed by atoms with Gasteiger partial charge in [-0.05, 0) is 121 Å². The Balaban J connectivity index is 2.37. The molecule has 0 aliphatic carbocycles. The van der Waals surface area contributed by atoms with Crippen molar-refractivity contribution in [1.29, 1.82) is 0 Å². The standard InChI is InChI=1S/C52H90N16O10/c1-6-30(3)42(67-48(74)39(21-12-15-25-55)64-49(75)40(66-44(70)32(5)56)27-33-28-60-35-18-9-8-17-34(33)35)50(76)65-38(20-11-14-24-54)46(72)63-36(19-10-13-23-53)45(71)61-29-41(69)62-37(22-16-26-59-52(57)58)47(73)68-43(51(77)78)31(4)7-2/h8-9,17-18,28,30-32,36-40,42-43,60H,6-7,10-16,19-27,29,53-56H2,1-5H3,(H,61,71)(H,62,69)(H,63,72)(H,64,75)(H,65,76)(H,66,70)(H,67,74)(H,68,73)(H,77,78)(H4,57,58,59)/t30-,31-,32-,36-,37-,38-,39-,40-,42-,43-/m0/s1. The van der Waals surface area contributed by atoms with Crippen LogP contribution >= 0.6 is 0 Å². The number of aliphatic carboxylic acids is 1. The number of hydrogen-bond donors (Lipinski definition) is 16. The Labute approximate surface area is 457 Å². The molecule has 26 heteroatoms. The molecule has 0 saturated heterocycles. The molecule has 2 rings (SSSR count). The van der Waals surface area contributed by atoms with E-state index in [1.807, 2.05) is 31.2 Å². The van der Waals surface area contributed by atoms with Gasteiger partial charge in [0.1, 0.15) is 42.3 Å². The number of carboxylic acids is 1. The zero-order chi connectivity index (χ0) is 58.3. The van der Waals surface area contributed by atoms with Crippen molar-refractivity contribution in [2.75, 3.05) is 32.7 Å². The smallest absolute Gasteiger partial charge is 0.326 e. The number of aromatic nitrogens is 1. The molecule has 0 spiro atoms. The summed E-state index contributed by atoms with van der Waals surface area (Å²) < 4.78 is 0. The number of nitrogens with zero attached hydrogens (tertiary/aromatic N) is 1. The molecular formula is C52H90N16O10. The van der Waals surface area contributed by atoms with Crippen molar-refractivity contribution in [2.45, 2.75) is 173 Å². The highest BCUT2D eigenvalue weighted by molar-refractivity contribution is 5.98. The number of amides is 8. The fraction of sp³-hybridized carbons (Fsp3) is 0.654. The third kappa shape index (κ3) is 23.8. The number of guanidine groups is 1. The number of carbonyl (C=O) groups is 9. The first-order chi connectivity index (χ1) is 37.1. The highest BCUT2D eigenvalue weighted by Crippen LogP contribution is 2.20. The number of rotatable bonds is 39. The molecule has 0 fully saturated rings. The summed E-state index contributed by atoms with van der Waals surface area (Å²) in [5.74, 6) is -8.07. The van der Waals surface area contributed by atoms with Gasteiger partial charge in [0.05, 0.1) is 12.6 Å². The highest BCUT2D eigenvalue weighted by Gasteiger charge is 2.35. The van der Waals surface area contributed by atoms with E-state index in [-0.39, 0.29) is 64.1 Å². The molecule has 438 valence electrons. The summed E-state index contributed by atoms with van der Waals surface area (Å²) in [6.07, 6.45) is 5.89. The van der Waals surface area contributed by atoms with Crippen LogP contribution in [0.4, 0.5) is 0 Å². The van der Waals surface area contributed by atoms with Crippen molar-refractivity contribution >= 4 is 70.1 Å². The number of hydrogen-bond acceptors (Lipinski definition) is 14.